The second kappa shape index (κ2) is 7.91. The number of terminal acetylenes is 1. The second-order valence-electron chi connectivity index (χ2n) is 6.62. The van der Waals surface area contributed by atoms with Gasteiger partial charge in [-0.2, -0.15) is 0 Å². The number of halogens is 2. The molecule has 0 aliphatic carbocycles. The molecule has 2 aliphatic heterocycles. The molecular formula is C18H15ClFN2O8P. The van der Waals surface area contributed by atoms with Crippen molar-refractivity contribution >= 4 is 19.4 Å². The zero-order valence-electron chi connectivity index (χ0n) is 17.4. The third-order valence-corrected chi connectivity index (χ3v) is 5.84. The first-order chi connectivity index (χ1) is 15.4. The average Bonchev–Trinajstić information content (AvgIpc) is 3.04. The predicted octanol–water partition coefficient (Wildman–Crippen LogP) is 1.85. The van der Waals surface area contributed by atoms with E-state index >= 15 is 4.39 Å². The van der Waals surface area contributed by atoms with Crippen LogP contribution in [-0.2, 0) is 25.0 Å². The minimum absolute atomic E-state index is 0.0320. The van der Waals surface area contributed by atoms with Crippen molar-refractivity contribution in [2.24, 2.45) is 0 Å². The van der Waals surface area contributed by atoms with E-state index in [0.717, 1.165) is 6.20 Å². The molecular weight excluding hydrogens is 458 g/mol. The molecule has 0 bridgehead atoms. The smallest absolute Gasteiger partial charge is 0.404 e. The standard InChI is InChI=1S/C18H15ClFN2O8P/c1-2-10-7-22(17(25)21-15(10)24)16-13(23)6-18(20,29-16)9-28-31(26)27-8-11-5-12(19)3-4-14(11)30-31/h1,3-5,7,13,16,23H,6,8-9H2,(H,21,24,25)/t13-,16-,18+,31?/m1/s1/i9D2. The number of nitrogens with one attached hydrogen (secondary N) is 1. The molecule has 0 amide bonds. The van der Waals surface area contributed by atoms with Gasteiger partial charge in [0.25, 0.3) is 5.56 Å². The summed E-state index contributed by atoms with van der Waals surface area (Å²) >= 11 is 5.86. The van der Waals surface area contributed by atoms with Gasteiger partial charge in [0.15, 0.2) is 6.23 Å². The summed E-state index contributed by atoms with van der Waals surface area (Å²) in [5.41, 5.74) is -1.88. The molecule has 1 saturated heterocycles. The number of rotatable bonds is 4. The van der Waals surface area contributed by atoms with E-state index in [4.69, 9.17) is 39.1 Å². The number of aliphatic hydroxyl groups excluding tert-OH is 1. The molecule has 164 valence electrons. The van der Waals surface area contributed by atoms with Crippen molar-refractivity contribution in [3.05, 3.63) is 61.4 Å². The number of hydrogen-bond acceptors (Lipinski definition) is 8. The van der Waals surface area contributed by atoms with Gasteiger partial charge >= 0.3 is 13.5 Å². The number of phosphoric acid groups is 1. The number of nitrogens with zero attached hydrogens (tertiary/aromatic N) is 1. The minimum Gasteiger partial charge on any atom is -0.404 e. The van der Waals surface area contributed by atoms with E-state index < -0.39 is 50.2 Å². The molecule has 13 heteroatoms. The molecule has 2 aromatic rings. The summed E-state index contributed by atoms with van der Waals surface area (Å²) in [5.74, 6) is -1.37. The fraction of sp³-hybridized carbons (Fsp3) is 0.333. The molecule has 10 nitrogen and oxygen atoms in total. The lowest BCUT2D eigenvalue weighted by Crippen LogP contribution is -2.37. The van der Waals surface area contributed by atoms with Crippen molar-refractivity contribution in [3.63, 3.8) is 0 Å². The van der Waals surface area contributed by atoms with E-state index in [-0.39, 0.29) is 17.9 Å². The Kier molecular flexibility index (Phi) is 4.91. The first-order valence-corrected chi connectivity index (χ1v) is 10.5. The van der Waals surface area contributed by atoms with Crippen LogP contribution in [0.4, 0.5) is 4.39 Å². The van der Waals surface area contributed by atoms with E-state index in [1.54, 1.807) is 0 Å². The second-order valence-corrected chi connectivity index (χ2v) is 8.57. The van der Waals surface area contributed by atoms with Crippen LogP contribution >= 0.6 is 19.4 Å². The summed E-state index contributed by atoms with van der Waals surface area (Å²) in [7, 11) is -4.68. The number of aromatic nitrogens is 2. The third-order valence-electron chi connectivity index (χ3n) is 4.43. The number of ether oxygens (including phenoxy) is 1. The van der Waals surface area contributed by atoms with Crippen LogP contribution in [0.2, 0.25) is 5.02 Å². The Labute approximate surface area is 181 Å². The maximum atomic E-state index is 15.6. The quantitative estimate of drug-likeness (QED) is 0.507. The number of benzene rings is 1. The highest BCUT2D eigenvalue weighted by atomic mass is 35.5. The van der Waals surface area contributed by atoms with Crippen molar-refractivity contribution in [1.29, 1.82) is 0 Å². The zero-order valence-corrected chi connectivity index (χ0v) is 17.1. The van der Waals surface area contributed by atoms with Crippen molar-refractivity contribution in [1.82, 2.24) is 9.55 Å². The maximum absolute atomic E-state index is 15.6. The van der Waals surface area contributed by atoms with Crippen LogP contribution in [0.15, 0.2) is 34.0 Å². The topological polar surface area (TPSA) is 129 Å². The molecule has 2 N–H and O–H groups in total. The molecule has 1 aromatic carbocycles. The number of H-pyrrole nitrogens is 1. The van der Waals surface area contributed by atoms with Gasteiger partial charge in [0, 0.05) is 23.2 Å². The molecule has 4 atom stereocenters. The van der Waals surface area contributed by atoms with Crippen molar-refractivity contribution < 1.29 is 35.1 Å². The summed E-state index contributed by atoms with van der Waals surface area (Å²) < 4.78 is 65.0. The summed E-state index contributed by atoms with van der Waals surface area (Å²) in [4.78, 5) is 25.6. The van der Waals surface area contributed by atoms with Gasteiger partial charge in [0.1, 0.15) is 24.0 Å². The first kappa shape index (κ1) is 19.3. The number of hydrogen-bond donors (Lipinski definition) is 2. The van der Waals surface area contributed by atoms with Crippen molar-refractivity contribution in [3.8, 4) is 18.1 Å². The number of aliphatic hydroxyl groups is 1. The van der Waals surface area contributed by atoms with Crippen molar-refractivity contribution in [2.75, 3.05) is 6.56 Å². The van der Waals surface area contributed by atoms with Crippen LogP contribution in [0.3, 0.4) is 0 Å². The van der Waals surface area contributed by atoms with Crippen LogP contribution in [-0.4, -0.2) is 33.2 Å². The molecule has 0 spiro atoms. The Morgan fingerprint density at radius 1 is 1.55 bits per heavy atom. The van der Waals surface area contributed by atoms with Gasteiger partial charge in [-0.25, -0.2) is 13.8 Å². The SMILES string of the molecule is [2H]C([2H])(OP1(=O)OCc2cc(Cl)ccc2O1)[C@]1(F)C[C@@H](O)[C@H](n2cc(C#C)c(=O)[nH]c2=O)O1. The molecule has 31 heavy (non-hydrogen) atoms. The highest BCUT2D eigenvalue weighted by Crippen LogP contribution is 2.55. The largest absolute Gasteiger partial charge is 0.530 e. The first-order valence-electron chi connectivity index (χ1n) is 9.67. The minimum atomic E-state index is -4.68. The Balaban J connectivity index is 1.59. The summed E-state index contributed by atoms with van der Waals surface area (Å²) in [6.45, 7) is -3.81. The fourth-order valence-electron chi connectivity index (χ4n) is 2.99. The van der Waals surface area contributed by atoms with Gasteiger partial charge in [-0.05, 0) is 18.2 Å². The molecule has 4 rings (SSSR count). The Morgan fingerprint density at radius 3 is 3.06 bits per heavy atom. The van der Waals surface area contributed by atoms with E-state index in [1.165, 1.54) is 18.2 Å². The van der Waals surface area contributed by atoms with Crippen LogP contribution < -0.4 is 15.8 Å². The van der Waals surface area contributed by atoms with E-state index in [1.807, 2.05) is 10.9 Å². The van der Waals surface area contributed by atoms with Crippen LogP contribution in [0.5, 0.6) is 5.75 Å². The molecule has 1 aromatic heterocycles. The highest BCUT2D eigenvalue weighted by Gasteiger charge is 2.50. The lowest BCUT2D eigenvalue weighted by Gasteiger charge is -2.27. The van der Waals surface area contributed by atoms with Gasteiger partial charge in [0.05, 0.1) is 9.35 Å². The van der Waals surface area contributed by atoms with Gasteiger partial charge in [0.2, 0.25) is 5.85 Å². The summed E-state index contributed by atoms with van der Waals surface area (Å²) in [6.07, 6.45) is 1.43. The lowest BCUT2D eigenvalue weighted by atomic mass is 10.2. The summed E-state index contributed by atoms with van der Waals surface area (Å²) in [6, 6.07) is 4.25. The molecule has 1 unspecified atom stereocenters. The maximum Gasteiger partial charge on any atom is 0.530 e. The third kappa shape index (κ3) is 4.32. The van der Waals surface area contributed by atoms with Crippen LogP contribution in [0.1, 0.15) is 26.5 Å². The normalized spacial score (nSPS) is 31.2. The number of phosphoric ester groups is 1. The average molecular weight is 475 g/mol. The van der Waals surface area contributed by atoms with Crippen LogP contribution in [0.25, 0.3) is 0 Å². The molecule has 2 aliphatic rings. The number of fused-ring (bicyclic) bond motifs is 1. The van der Waals surface area contributed by atoms with Crippen molar-refractivity contribution in [2.45, 2.75) is 31.2 Å². The monoisotopic (exact) mass is 474 g/mol. The molecule has 0 radical (unpaired) electrons. The number of alkyl halides is 1. The van der Waals surface area contributed by atoms with E-state index in [0.29, 0.717) is 15.2 Å². The Morgan fingerprint density at radius 2 is 2.32 bits per heavy atom. The van der Waals surface area contributed by atoms with E-state index in [2.05, 4.69) is 0 Å². The van der Waals surface area contributed by atoms with Gasteiger partial charge in [-0.3, -0.25) is 23.4 Å². The van der Waals surface area contributed by atoms with Crippen LogP contribution in [0, 0.1) is 12.3 Å². The predicted molar refractivity (Wildman–Crippen MR) is 104 cm³/mol. The Hall–Kier alpha value is -2.45. The molecule has 0 saturated carbocycles. The van der Waals surface area contributed by atoms with Gasteiger partial charge in [-0.15, -0.1) is 6.42 Å². The number of aromatic amines is 1. The van der Waals surface area contributed by atoms with Gasteiger partial charge < -0.3 is 14.4 Å². The highest BCUT2D eigenvalue weighted by molar-refractivity contribution is 7.49. The fourth-order valence-corrected chi connectivity index (χ4v) is 4.29. The molecule has 1 fully saturated rings. The Bertz CT molecular complexity index is 1330. The lowest BCUT2D eigenvalue weighted by molar-refractivity contribution is -0.179. The zero-order chi connectivity index (χ0) is 24.2. The summed E-state index contributed by atoms with van der Waals surface area (Å²) in [5, 5.41) is 10.6. The van der Waals surface area contributed by atoms with Gasteiger partial charge in [-0.1, -0.05) is 17.5 Å². The molecule has 3 heterocycles. The van der Waals surface area contributed by atoms with E-state index in [9.17, 15) is 19.3 Å².